The highest BCUT2D eigenvalue weighted by Gasteiger charge is 2.22. The van der Waals surface area contributed by atoms with Crippen LogP contribution in [0.15, 0.2) is 24.3 Å². The van der Waals surface area contributed by atoms with Crippen LogP contribution in [0.4, 0.5) is 11.4 Å². The fourth-order valence-electron chi connectivity index (χ4n) is 2.65. The van der Waals surface area contributed by atoms with E-state index < -0.39 is 9.85 Å². The molecule has 0 bridgehead atoms. The zero-order chi connectivity index (χ0) is 15.3. The van der Waals surface area contributed by atoms with Crippen molar-refractivity contribution in [2.75, 3.05) is 0 Å². The van der Waals surface area contributed by atoms with Gasteiger partial charge in [0, 0.05) is 22.7 Å². The van der Waals surface area contributed by atoms with Crippen molar-refractivity contribution in [1.29, 1.82) is 0 Å². The Kier molecular flexibility index (Phi) is 2.65. The molecule has 0 saturated carbocycles. The fourth-order valence-corrected chi connectivity index (χ4v) is 2.65. The Morgan fingerprint density at radius 3 is 2.33 bits per heavy atom. The van der Waals surface area contributed by atoms with Crippen molar-refractivity contribution in [2.45, 2.75) is 13.8 Å². The number of fused-ring (bicyclic) bond motifs is 3. The minimum absolute atomic E-state index is 0.244. The number of hydrogen-bond acceptors (Lipinski definition) is 4. The maximum Gasteiger partial charge on any atom is 0.284 e. The van der Waals surface area contributed by atoms with Crippen LogP contribution in [-0.2, 0) is 0 Å². The van der Waals surface area contributed by atoms with Gasteiger partial charge in [-0.3, -0.25) is 20.2 Å². The van der Waals surface area contributed by atoms with Gasteiger partial charge >= 0.3 is 0 Å². The predicted octanol–water partition coefficient (Wildman–Crippen LogP) is 3.75. The number of H-pyrrole nitrogens is 1. The third-order valence-electron chi connectivity index (χ3n) is 3.75. The topological polar surface area (TPSA) is 102 Å². The molecule has 21 heavy (non-hydrogen) atoms. The van der Waals surface area contributed by atoms with Gasteiger partial charge in [0.1, 0.15) is 0 Å². The summed E-state index contributed by atoms with van der Waals surface area (Å²) in [6, 6.07) is 5.82. The monoisotopic (exact) mass is 285 g/mol. The molecule has 0 aliphatic rings. The highest BCUT2D eigenvalue weighted by Crippen LogP contribution is 2.38. The van der Waals surface area contributed by atoms with Crippen molar-refractivity contribution in [1.82, 2.24) is 4.98 Å². The Morgan fingerprint density at radius 2 is 1.71 bits per heavy atom. The van der Waals surface area contributed by atoms with E-state index in [-0.39, 0.29) is 11.4 Å². The van der Waals surface area contributed by atoms with Crippen LogP contribution in [0, 0.1) is 34.1 Å². The summed E-state index contributed by atoms with van der Waals surface area (Å²) < 4.78 is 0. The number of hydrogen-bond donors (Lipinski definition) is 1. The van der Waals surface area contributed by atoms with Crippen molar-refractivity contribution in [3.63, 3.8) is 0 Å². The third-order valence-corrected chi connectivity index (χ3v) is 3.75. The van der Waals surface area contributed by atoms with Crippen molar-refractivity contribution in [2.24, 2.45) is 0 Å². The van der Waals surface area contributed by atoms with Gasteiger partial charge in [-0.2, -0.15) is 0 Å². The van der Waals surface area contributed by atoms with E-state index in [0.717, 1.165) is 28.2 Å². The third kappa shape index (κ3) is 1.82. The summed E-state index contributed by atoms with van der Waals surface area (Å²) in [6.07, 6.45) is 0. The van der Waals surface area contributed by atoms with Crippen molar-refractivity contribution < 1.29 is 9.85 Å². The molecule has 3 aromatic rings. The number of nitro benzene ring substituents is 2. The number of nitro groups is 2. The van der Waals surface area contributed by atoms with E-state index in [1.54, 1.807) is 12.1 Å². The molecule has 0 amide bonds. The van der Waals surface area contributed by atoms with E-state index in [4.69, 9.17) is 0 Å². The van der Waals surface area contributed by atoms with Gasteiger partial charge in [-0.1, -0.05) is 6.07 Å². The SMILES string of the molecule is Cc1[nH]c2ccc3cc([N+](=O)[O-])cc([N+](=O)[O-])c3c2c1C. The second kappa shape index (κ2) is 4.27. The molecule has 1 aromatic heterocycles. The summed E-state index contributed by atoms with van der Waals surface area (Å²) in [5.74, 6) is 0. The highest BCUT2D eigenvalue weighted by molar-refractivity contribution is 6.13. The van der Waals surface area contributed by atoms with E-state index in [1.807, 2.05) is 13.8 Å². The lowest BCUT2D eigenvalue weighted by Gasteiger charge is -2.03. The Labute approximate surface area is 118 Å². The van der Waals surface area contributed by atoms with Crippen LogP contribution in [0.1, 0.15) is 11.3 Å². The lowest BCUT2D eigenvalue weighted by molar-refractivity contribution is -0.393. The molecular weight excluding hydrogens is 274 g/mol. The Hall–Kier alpha value is -2.96. The number of rotatable bonds is 2. The van der Waals surface area contributed by atoms with E-state index in [0.29, 0.717) is 10.8 Å². The maximum atomic E-state index is 11.3. The van der Waals surface area contributed by atoms with Crippen LogP contribution in [0.3, 0.4) is 0 Å². The molecular formula is C14H11N3O4. The van der Waals surface area contributed by atoms with E-state index in [1.165, 1.54) is 6.07 Å². The maximum absolute atomic E-state index is 11.3. The van der Waals surface area contributed by atoms with Crippen molar-refractivity contribution in [3.8, 4) is 0 Å². The molecule has 0 radical (unpaired) electrons. The van der Waals surface area contributed by atoms with Gasteiger partial charge in [0.2, 0.25) is 0 Å². The minimum Gasteiger partial charge on any atom is -0.358 e. The number of aryl methyl sites for hydroxylation is 2. The molecule has 0 unspecified atom stereocenters. The molecule has 3 rings (SSSR count). The lowest BCUT2D eigenvalue weighted by atomic mass is 10.0. The highest BCUT2D eigenvalue weighted by atomic mass is 16.6. The Balaban J connectivity index is 2.58. The van der Waals surface area contributed by atoms with Gasteiger partial charge in [0.25, 0.3) is 11.4 Å². The first kappa shape index (κ1) is 13.0. The first-order valence-electron chi connectivity index (χ1n) is 6.24. The van der Waals surface area contributed by atoms with Gasteiger partial charge in [-0.15, -0.1) is 0 Å². The second-order valence-corrected chi connectivity index (χ2v) is 4.94. The largest absolute Gasteiger partial charge is 0.358 e. The molecule has 1 heterocycles. The van der Waals surface area contributed by atoms with Crippen LogP contribution >= 0.6 is 0 Å². The Bertz CT molecular complexity index is 927. The number of benzene rings is 2. The molecule has 0 aliphatic carbocycles. The molecule has 7 nitrogen and oxygen atoms in total. The zero-order valence-corrected chi connectivity index (χ0v) is 11.3. The van der Waals surface area contributed by atoms with Crippen LogP contribution in [0.2, 0.25) is 0 Å². The van der Waals surface area contributed by atoms with Gasteiger partial charge in [0.05, 0.1) is 21.3 Å². The minimum atomic E-state index is -0.619. The van der Waals surface area contributed by atoms with Gasteiger partial charge in [-0.05, 0) is 30.9 Å². The van der Waals surface area contributed by atoms with E-state index >= 15 is 0 Å². The molecule has 7 heteroatoms. The average molecular weight is 285 g/mol. The quantitative estimate of drug-likeness (QED) is 0.572. The first-order chi connectivity index (χ1) is 9.90. The second-order valence-electron chi connectivity index (χ2n) is 4.94. The number of aromatic amines is 1. The molecule has 0 saturated heterocycles. The molecule has 0 aliphatic heterocycles. The summed E-state index contributed by atoms with van der Waals surface area (Å²) in [6.45, 7) is 3.76. The molecule has 1 N–H and O–H groups in total. The number of nitrogens with one attached hydrogen (secondary N) is 1. The number of non-ortho nitro benzene ring substituents is 2. The first-order valence-corrected chi connectivity index (χ1v) is 6.24. The molecule has 2 aromatic carbocycles. The van der Waals surface area contributed by atoms with Crippen molar-refractivity contribution >= 4 is 33.1 Å². The molecule has 0 spiro atoms. The van der Waals surface area contributed by atoms with Crippen LogP contribution < -0.4 is 0 Å². The van der Waals surface area contributed by atoms with E-state index in [2.05, 4.69) is 4.98 Å². The van der Waals surface area contributed by atoms with Crippen LogP contribution in [0.5, 0.6) is 0 Å². The van der Waals surface area contributed by atoms with Crippen molar-refractivity contribution in [3.05, 3.63) is 55.8 Å². The molecule has 0 fully saturated rings. The van der Waals surface area contributed by atoms with Crippen LogP contribution in [-0.4, -0.2) is 14.8 Å². The summed E-state index contributed by atoms with van der Waals surface area (Å²) in [5, 5.41) is 23.9. The normalized spacial score (nSPS) is 11.1. The summed E-state index contributed by atoms with van der Waals surface area (Å²) in [4.78, 5) is 24.2. The summed E-state index contributed by atoms with van der Waals surface area (Å²) in [5.41, 5.74) is 2.09. The lowest BCUT2D eigenvalue weighted by Crippen LogP contribution is -1.94. The summed E-state index contributed by atoms with van der Waals surface area (Å²) >= 11 is 0. The standard InChI is InChI=1S/C14H11N3O4/c1-7-8(2)15-11-4-3-9-5-10(16(18)19)6-12(17(20)21)14(9)13(7)11/h3-6,15H,1-2H3. The van der Waals surface area contributed by atoms with Gasteiger partial charge in [0.15, 0.2) is 0 Å². The molecule has 106 valence electrons. The summed E-state index contributed by atoms with van der Waals surface area (Å²) in [7, 11) is 0. The van der Waals surface area contributed by atoms with Gasteiger partial charge in [-0.25, -0.2) is 0 Å². The number of nitrogens with zero attached hydrogens (tertiary/aromatic N) is 2. The van der Waals surface area contributed by atoms with Crippen LogP contribution in [0.25, 0.3) is 21.7 Å². The number of aromatic nitrogens is 1. The average Bonchev–Trinajstić information content (AvgIpc) is 2.72. The van der Waals surface area contributed by atoms with Gasteiger partial charge < -0.3 is 4.98 Å². The predicted molar refractivity (Wildman–Crippen MR) is 78.6 cm³/mol. The molecule has 0 atom stereocenters. The van der Waals surface area contributed by atoms with E-state index in [9.17, 15) is 20.2 Å². The Morgan fingerprint density at radius 1 is 1.00 bits per heavy atom. The smallest absolute Gasteiger partial charge is 0.284 e. The fraction of sp³-hybridized carbons (Fsp3) is 0.143. The zero-order valence-electron chi connectivity index (χ0n) is 11.3.